The summed E-state index contributed by atoms with van der Waals surface area (Å²) in [4.78, 5) is 0. The van der Waals surface area contributed by atoms with Gasteiger partial charge in [-0.1, -0.05) is 13.8 Å². The van der Waals surface area contributed by atoms with Gasteiger partial charge in [0.15, 0.2) is 0 Å². The molecule has 0 saturated heterocycles. The molecule has 0 atom stereocenters. The van der Waals surface area contributed by atoms with E-state index in [9.17, 15) is 22.0 Å². The van der Waals surface area contributed by atoms with Crippen LogP contribution in [0.5, 0.6) is 0 Å². The molecular formula is C11H11F5. The van der Waals surface area contributed by atoms with Crippen molar-refractivity contribution in [1.29, 1.82) is 0 Å². The summed E-state index contributed by atoms with van der Waals surface area (Å²) < 4.78 is 63.1. The van der Waals surface area contributed by atoms with Gasteiger partial charge in [0.1, 0.15) is 11.6 Å². The van der Waals surface area contributed by atoms with E-state index in [0.29, 0.717) is 12.1 Å². The zero-order valence-corrected chi connectivity index (χ0v) is 8.83. The standard InChI is InChI=1S/C11H11F5/c1-6(2)3-8-9(12)4-7(5-10(8)13)11(14,15)16/h4-6H,3H2,1-2H3. The molecule has 0 bridgehead atoms. The molecule has 90 valence electrons. The first-order valence-corrected chi connectivity index (χ1v) is 4.77. The van der Waals surface area contributed by atoms with Gasteiger partial charge in [-0.05, 0) is 24.5 Å². The van der Waals surface area contributed by atoms with Gasteiger partial charge < -0.3 is 0 Å². The van der Waals surface area contributed by atoms with Crippen molar-refractivity contribution in [2.45, 2.75) is 26.4 Å². The summed E-state index contributed by atoms with van der Waals surface area (Å²) in [5.41, 5.74) is -1.59. The first kappa shape index (κ1) is 12.9. The Bertz CT molecular complexity index is 355. The molecule has 0 N–H and O–H groups in total. The third kappa shape index (κ3) is 2.93. The van der Waals surface area contributed by atoms with Crippen LogP contribution in [0.4, 0.5) is 22.0 Å². The molecule has 0 spiro atoms. The first-order chi connectivity index (χ1) is 7.21. The number of benzene rings is 1. The number of rotatable bonds is 2. The van der Waals surface area contributed by atoms with E-state index >= 15 is 0 Å². The highest BCUT2D eigenvalue weighted by Crippen LogP contribution is 2.31. The van der Waals surface area contributed by atoms with E-state index in [1.807, 2.05) is 0 Å². The van der Waals surface area contributed by atoms with E-state index in [-0.39, 0.29) is 17.9 Å². The van der Waals surface area contributed by atoms with Crippen molar-refractivity contribution in [1.82, 2.24) is 0 Å². The summed E-state index contributed by atoms with van der Waals surface area (Å²) >= 11 is 0. The summed E-state index contributed by atoms with van der Waals surface area (Å²) in [5, 5.41) is 0. The molecule has 0 nitrogen and oxygen atoms in total. The third-order valence-corrected chi connectivity index (χ3v) is 2.08. The summed E-state index contributed by atoms with van der Waals surface area (Å²) in [6.07, 6.45) is -4.64. The minimum atomic E-state index is -4.72. The van der Waals surface area contributed by atoms with Crippen LogP contribution in [0.2, 0.25) is 0 Å². The highest BCUT2D eigenvalue weighted by atomic mass is 19.4. The summed E-state index contributed by atoms with van der Waals surface area (Å²) in [6.45, 7) is 3.47. The van der Waals surface area contributed by atoms with E-state index in [1.165, 1.54) is 0 Å². The zero-order chi connectivity index (χ0) is 12.5. The molecule has 0 aliphatic rings. The van der Waals surface area contributed by atoms with Crippen molar-refractivity contribution >= 4 is 0 Å². The lowest BCUT2D eigenvalue weighted by Crippen LogP contribution is -2.09. The molecule has 1 rings (SSSR count). The van der Waals surface area contributed by atoms with Gasteiger partial charge in [0, 0.05) is 5.56 Å². The van der Waals surface area contributed by atoms with Crippen LogP contribution < -0.4 is 0 Å². The molecule has 16 heavy (non-hydrogen) atoms. The molecule has 0 aliphatic heterocycles. The second-order valence-electron chi connectivity index (χ2n) is 4.01. The maximum absolute atomic E-state index is 13.3. The van der Waals surface area contributed by atoms with Gasteiger partial charge in [0.25, 0.3) is 0 Å². The van der Waals surface area contributed by atoms with Crippen LogP contribution in [0.3, 0.4) is 0 Å². The molecule has 0 unspecified atom stereocenters. The van der Waals surface area contributed by atoms with Crippen LogP contribution in [0.25, 0.3) is 0 Å². The molecule has 0 amide bonds. The normalized spacial score (nSPS) is 12.2. The Kier molecular flexibility index (Phi) is 3.55. The topological polar surface area (TPSA) is 0 Å². The predicted molar refractivity (Wildman–Crippen MR) is 49.9 cm³/mol. The number of hydrogen-bond acceptors (Lipinski definition) is 0. The highest BCUT2D eigenvalue weighted by Gasteiger charge is 2.32. The van der Waals surface area contributed by atoms with Crippen molar-refractivity contribution in [3.63, 3.8) is 0 Å². The lowest BCUT2D eigenvalue weighted by atomic mass is 10.00. The van der Waals surface area contributed by atoms with Crippen LogP contribution in [-0.2, 0) is 12.6 Å². The summed E-state index contributed by atoms with van der Waals surface area (Å²) in [6, 6.07) is 0.668. The minimum Gasteiger partial charge on any atom is -0.207 e. The predicted octanol–water partition coefficient (Wildman–Crippen LogP) is 4.18. The second-order valence-corrected chi connectivity index (χ2v) is 4.01. The van der Waals surface area contributed by atoms with Crippen LogP contribution in [0.1, 0.15) is 25.0 Å². The Labute approximate surface area is 90.1 Å². The largest absolute Gasteiger partial charge is 0.416 e. The van der Waals surface area contributed by atoms with Gasteiger partial charge in [0.2, 0.25) is 0 Å². The number of hydrogen-bond donors (Lipinski definition) is 0. The fraction of sp³-hybridized carbons (Fsp3) is 0.455. The quantitative estimate of drug-likeness (QED) is 0.678. The Balaban J connectivity index is 3.18. The highest BCUT2D eigenvalue weighted by molar-refractivity contribution is 5.28. The van der Waals surface area contributed by atoms with Crippen molar-refractivity contribution in [2.75, 3.05) is 0 Å². The van der Waals surface area contributed by atoms with Crippen LogP contribution in [0, 0.1) is 17.6 Å². The summed E-state index contributed by atoms with van der Waals surface area (Å²) in [5.74, 6) is -2.30. The molecule has 1 aromatic rings. The maximum atomic E-state index is 13.3. The fourth-order valence-electron chi connectivity index (χ4n) is 1.37. The Morgan fingerprint density at radius 3 is 1.81 bits per heavy atom. The average molecular weight is 238 g/mol. The fourth-order valence-corrected chi connectivity index (χ4v) is 1.37. The van der Waals surface area contributed by atoms with E-state index < -0.39 is 23.4 Å². The van der Waals surface area contributed by atoms with Crippen LogP contribution in [0.15, 0.2) is 12.1 Å². The third-order valence-electron chi connectivity index (χ3n) is 2.08. The van der Waals surface area contributed by atoms with Gasteiger partial charge in [-0.15, -0.1) is 0 Å². The minimum absolute atomic E-state index is 0.0271. The van der Waals surface area contributed by atoms with Crippen LogP contribution in [-0.4, -0.2) is 0 Å². The van der Waals surface area contributed by atoms with E-state index in [2.05, 4.69) is 0 Å². The summed E-state index contributed by atoms with van der Waals surface area (Å²) in [7, 11) is 0. The number of halogens is 5. The van der Waals surface area contributed by atoms with Crippen molar-refractivity contribution < 1.29 is 22.0 Å². The molecule has 0 saturated carbocycles. The molecule has 0 aromatic heterocycles. The SMILES string of the molecule is CC(C)Cc1c(F)cc(C(F)(F)F)cc1F. The maximum Gasteiger partial charge on any atom is 0.416 e. The Morgan fingerprint density at radius 2 is 1.50 bits per heavy atom. The van der Waals surface area contributed by atoms with Gasteiger partial charge in [0.05, 0.1) is 5.56 Å². The van der Waals surface area contributed by atoms with Gasteiger partial charge in [-0.25, -0.2) is 8.78 Å². The van der Waals surface area contributed by atoms with Gasteiger partial charge in [-0.2, -0.15) is 13.2 Å². The lowest BCUT2D eigenvalue weighted by Gasteiger charge is -2.11. The molecule has 0 aliphatic carbocycles. The molecule has 0 radical (unpaired) electrons. The van der Waals surface area contributed by atoms with E-state index in [4.69, 9.17) is 0 Å². The van der Waals surface area contributed by atoms with Crippen LogP contribution >= 0.6 is 0 Å². The molecule has 1 aromatic carbocycles. The van der Waals surface area contributed by atoms with Crippen molar-refractivity contribution in [2.24, 2.45) is 5.92 Å². The molecule has 5 heteroatoms. The molecule has 0 fully saturated rings. The van der Waals surface area contributed by atoms with Gasteiger partial charge in [-0.3, -0.25) is 0 Å². The first-order valence-electron chi connectivity index (χ1n) is 4.77. The van der Waals surface area contributed by atoms with Crippen molar-refractivity contribution in [3.05, 3.63) is 34.9 Å². The Hall–Kier alpha value is -1.13. The lowest BCUT2D eigenvalue weighted by molar-refractivity contribution is -0.138. The molecular weight excluding hydrogens is 227 g/mol. The number of alkyl halides is 3. The zero-order valence-electron chi connectivity index (χ0n) is 8.83. The van der Waals surface area contributed by atoms with E-state index in [0.717, 1.165) is 0 Å². The van der Waals surface area contributed by atoms with Crippen molar-refractivity contribution in [3.8, 4) is 0 Å². The smallest absolute Gasteiger partial charge is 0.207 e. The van der Waals surface area contributed by atoms with E-state index in [1.54, 1.807) is 13.8 Å². The average Bonchev–Trinajstić information content (AvgIpc) is 2.09. The second kappa shape index (κ2) is 4.39. The Morgan fingerprint density at radius 1 is 1.06 bits per heavy atom. The monoisotopic (exact) mass is 238 g/mol. The molecule has 0 heterocycles. The van der Waals surface area contributed by atoms with Gasteiger partial charge >= 0.3 is 6.18 Å².